The number of hydrogen-bond acceptors (Lipinski definition) is 3. The zero-order valence-electron chi connectivity index (χ0n) is 15.2. The lowest BCUT2D eigenvalue weighted by Gasteiger charge is -2.24. The van der Waals surface area contributed by atoms with E-state index >= 15 is 0 Å². The van der Waals surface area contributed by atoms with Crippen LogP contribution in [-0.2, 0) is 4.79 Å². The third-order valence-corrected chi connectivity index (χ3v) is 3.81. The van der Waals surface area contributed by atoms with Crippen molar-refractivity contribution in [2.75, 3.05) is 19.7 Å². The number of rotatable bonds is 10. The molecule has 0 aliphatic carbocycles. The van der Waals surface area contributed by atoms with E-state index in [2.05, 4.69) is 27.7 Å². The molecule has 0 aliphatic heterocycles. The number of carbonyl (C=O) groups is 2. The molecule has 0 atom stereocenters. The molecule has 5 nitrogen and oxygen atoms in total. The number of ether oxygens (including phenoxy) is 1. The molecule has 1 aromatic carbocycles. The number of amides is 2. The Morgan fingerprint density at radius 2 is 1.58 bits per heavy atom. The zero-order chi connectivity index (χ0) is 18.1. The summed E-state index contributed by atoms with van der Waals surface area (Å²) in [4.78, 5) is 25.8. The van der Waals surface area contributed by atoms with E-state index in [1.807, 2.05) is 4.90 Å². The maximum atomic E-state index is 12.5. The van der Waals surface area contributed by atoms with Crippen LogP contribution in [0.5, 0.6) is 5.75 Å². The van der Waals surface area contributed by atoms with Gasteiger partial charge in [0.1, 0.15) is 5.75 Å². The van der Waals surface area contributed by atoms with E-state index in [9.17, 15) is 9.59 Å². The highest BCUT2D eigenvalue weighted by Crippen LogP contribution is 2.17. The van der Waals surface area contributed by atoms with Gasteiger partial charge < -0.3 is 15.4 Å². The molecule has 0 fully saturated rings. The molecule has 0 bridgehead atoms. The summed E-state index contributed by atoms with van der Waals surface area (Å²) in [5, 5.41) is 0. The highest BCUT2D eigenvalue weighted by Gasteiger charge is 2.16. The Morgan fingerprint density at radius 3 is 2.08 bits per heavy atom. The highest BCUT2D eigenvalue weighted by atomic mass is 16.5. The Kier molecular flexibility index (Phi) is 8.30. The maximum Gasteiger partial charge on any atom is 0.260 e. The van der Waals surface area contributed by atoms with Crippen molar-refractivity contribution >= 4 is 11.8 Å². The van der Waals surface area contributed by atoms with Crippen LogP contribution in [0.1, 0.15) is 50.9 Å². The molecular weight excluding hydrogens is 304 g/mol. The summed E-state index contributed by atoms with van der Waals surface area (Å²) in [6, 6.07) is 6.71. The second-order valence-corrected chi connectivity index (χ2v) is 6.89. The lowest BCUT2D eigenvalue weighted by atomic mass is 10.1. The lowest BCUT2D eigenvalue weighted by Crippen LogP contribution is -2.37. The number of nitrogens with two attached hydrogens (primary N) is 1. The number of carbonyl (C=O) groups excluding carboxylic acids is 2. The van der Waals surface area contributed by atoms with Crippen LogP contribution in [0.3, 0.4) is 0 Å². The molecule has 0 saturated heterocycles. The molecule has 2 amide bonds. The van der Waals surface area contributed by atoms with Crippen molar-refractivity contribution in [3.63, 3.8) is 0 Å². The van der Waals surface area contributed by atoms with Gasteiger partial charge in [0.2, 0.25) is 0 Å². The third kappa shape index (κ3) is 7.02. The summed E-state index contributed by atoms with van der Waals surface area (Å²) in [7, 11) is 0. The molecule has 134 valence electrons. The standard InChI is InChI=1S/C19H30N2O3/c1-14(2)9-11-21(12-10-15(3)4)18(22)13-24-17-8-6-5-7-16(17)19(20)23/h5-8,14-15H,9-13H2,1-4H3,(H2,20,23). The quantitative estimate of drug-likeness (QED) is 0.714. The number of benzene rings is 1. The van der Waals surface area contributed by atoms with Crippen LogP contribution in [0.15, 0.2) is 24.3 Å². The average molecular weight is 334 g/mol. The minimum atomic E-state index is -0.561. The first-order valence-electron chi connectivity index (χ1n) is 8.60. The van der Waals surface area contributed by atoms with E-state index in [1.54, 1.807) is 24.3 Å². The zero-order valence-corrected chi connectivity index (χ0v) is 15.2. The van der Waals surface area contributed by atoms with Crippen LogP contribution < -0.4 is 10.5 Å². The minimum Gasteiger partial charge on any atom is -0.483 e. The van der Waals surface area contributed by atoms with Gasteiger partial charge in [-0.2, -0.15) is 0 Å². The van der Waals surface area contributed by atoms with Gasteiger partial charge in [-0.3, -0.25) is 9.59 Å². The molecule has 2 N–H and O–H groups in total. The Bertz CT molecular complexity index is 529. The molecule has 0 saturated carbocycles. The minimum absolute atomic E-state index is 0.0597. The molecule has 1 rings (SSSR count). The second kappa shape index (κ2) is 9.96. The normalized spacial score (nSPS) is 10.9. The molecule has 0 aliphatic rings. The number of nitrogens with zero attached hydrogens (tertiary/aromatic N) is 1. The van der Waals surface area contributed by atoms with Crippen LogP contribution in [0.2, 0.25) is 0 Å². The molecular formula is C19H30N2O3. The number of hydrogen-bond donors (Lipinski definition) is 1. The second-order valence-electron chi connectivity index (χ2n) is 6.89. The molecule has 0 radical (unpaired) electrons. The van der Waals surface area contributed by atoms with Crippen molar-refractivity contribution in [1.29, 1.82) is 0 Å². The van der Waals surface area contributed by atoms with Gasteiger partial charge in [-0.25, -0.2) is 0 Å². The van der Waals surface area contributed by atoms with Crippen LogP contribution in [0.25, 0.3) is 0 Å². The van der Waals surface area contributed by atoms with E-state index in [-0.39, 0.29) is 12.5 Å². The average Bonchev–Trinajstić information content (AvgIpc) is 2.52. The van der Waals surface area contributed by atoms with Gasteiger partial charge in [0, 0.05) is 13.1 Å². The fourth-order valence-corrected chi connectivity index (χ4v) is 2.22. The van der Waals surface area contributed by atoms with Crippen LogP contribution in [0.4, 0.5) is 0 Å². The molecule has 1 aromatic rings. The Hall–Kier alpha value is -2.04. The summed E-state index contributed by atoms with van der Waals surface area (Å²) in [5.74, 6) is 0.808. The van der Waals surface area contributed by atoms with E-state index < -0.39 is 5.91 Å². The topological polar surface area (TPSA) is 72.6 Å². The van der Waals surface area contributed by atoms with E-state index in [0.29, 0.717) is 23.1 Å². The predicted octanol–water partition coefficient (Wildman–Crippen LogP) is 3.09. The molecule has 0 aromatic heterocycles. The summed E-state index contributed by atoms with van der Waals surface area (Å²) < 4.78 is 5.56. The van der Waals surface area contributed by atoms with Crippen LogP contribution in [-0.4, -0.2) is 36.4 Å². The first kappa shape index (κ1) is 20.0. The molecule has 0 unspecified atom stereocenters. The van der Waals surface area contributed by atoms with Crippen molar-refractivity contribution in [2.24, 2.45) is 17.6 Å². The van der Waals surface area contributed by atoms with Crippen molar-refractivity contribution in [3.05, 3.63) is 29.8 Å². The van der Waals surface area contributed by atoms with Crippen molar-refractivity contribution < 1.29 is 14.3 Å². The van der Waals surface area contributed by atoms with Gasteiger partial charge in [-0.05, 0) is 36.8 Å². The fourth-order valence-electron chi connectivity index (χ4n) is 2.22. The van der Waals surface area contributed by atoms with Crippen LogP contribution >= 0.6 is 0 Å². The highest BCUT2D eigenvalue weighted by molar-refractivity contribution is 5.95. The monoisotopic (exact) mass is 334 g/mol. The summed E-state index contributed by atoms with van der Waals surface area (Å²) in [6.45, 7) is 9.94. The van der Waals surface area contributed by atoms with Gasteiger partial charge in [0.15, 0.2) is 6.61 Å². The van der Waals surface area contributed by atoms with E-state index in [1.165, 1.54) is 0 Å². The van der Waals surface area contributed by atoms with E-state index in [0.717, 1.165) is 25.9 Å². The maximum absolute atomic E-state index is 12.5. The van der Waals surface area contributed by atoms with Crippen molar-refractivity contribution in [2.45, 2.75) is 40.5 Å². The van der Waals surface area contributed by atoms with Gasteiger partial charge in [0.05, 0.1) is 5.56 Å². The van der Waals surface area contributed by atoms with Gasteiger partial charge >= 0.3 is 0 Å². The largest absolute Gasteiger partial charge is 0.483 e. The van der Waals surface area contributed by atoms with Gasteiger partial charge in [-0.15, -0.1) is 0 Å². The van der Waals surface area contributed by atoms with Crippen LogP contribution in [0, 0.1) is 11.8 Å². The van der Waals surface area contributed by atoms with E-state index in [4.69, 9.17) is 10.5 Å². The molecule has 24 heavy (non-hydrogen) atoms. The first-order chi connectivity index (χ1) is 11.3. The number of primary amides is 1. The first-order valence-corrected chi connectivity index (χ1v) is 8.60. The molecule has 0 heterocycles. The fraction of sp³-hybridized carbons (Fsp3) is 0.579. The predicted molar refractivity (Wildman–Crippen MR) is 95.9 cm³/mol. The number of para-hydroxylation sites is 1. The lowest BCUT2D eigenvalue weighted by molar-refractivity contribution is -0.133. The Balaban J connectivity index is 2.68. The van der Waals surface area contributed by atoms with Gasteiger partial charge in [0.25, 0.3) is 11.8 Å². The summed E-state index contributed by atoms with van der Waals surface area (Å²) in [6.07, 6.45) is 1.92. The SMILES string of the molecule is CC(C)CCN(CCC(C)C)C(=O)COc1ccccc1C(N)=O. The Labute approximate surface area is 145 Å². The summed E-state index contributed by atoms with van der Waals surface area (Å²) >= 11 is 0. The van der Waals surface area contributed by atoms with Gasteiger partial charge in [-0.1, -0.05) is 39.8 Å². The Morgan fingerprint density at radius 1 is 1.04 bits per heavy atom. The third-order valence-electron chi connectivity index (χ3n) is 3.81. The smallest absolute Gasteiger partial charge is 0.260 e. The summed E-state index contributed by atoms with van der Waals surface area (Å²) in [5.41, 5.74) is 5.62. The van der Waals surface area contributed by atoms with Crippen molar-refractivity contribution in [1.82, 2.24) is 4.90 Å². The van der Waals surface area contributed by atoms with Crippen molar-refractivity contribution in [3.8, 4) is 5.75 Å². The molecule has 0 spiro atoms. The molecule has 5 heteroatoms.